The summed E-state index contributed by atoms with van der Waals surface area (Å²) in [5, 5.41) is 6.21. The molecule has 0 aliphatic rings. The van der Waals surface area contributed by atoms with Crippen molar-refractivity contribution in [2.24, 2.45) is 7.05 Å². The van der Waals surface area contributed by atoms with E-state index in [1.54, 1.807) is 0 Å². The number of carbonyl (C=O) groups is 2. The first-order valence-electron chi connectivity index (χ1n) is 12.3. The summed E-state index contributed by atoms with van der Waals surface area (Å²) in [4.78, 5) is 44.4. The predicted octanol–water partition coefficient (Wildman–Crippen LogP) is 4.90. The molecular weight excluding hydrogens is 635 g/mol. The minimum atomic E-state index is -4.87. The monoisotopic (exact) mass is 652 g/mol. The topological polar surface area (TPSA) is 133 Å². The maximum Gasteiger partial charge on any atom is 0.416 e. The number of fused-ring (bicyclic) bond motifs is 1. The van der Waals surface area contributed by atoms with E-state index in [2.05, 4.69) is 20.0 Å². The number of amides is 1. The molecule has 0 bridgehead atoms. The Hall–Kier alpha value is -4.89. The Balaban J connectivity index is 1.72. The Kier molecular flexibility index (Phi) is 8.34. The number of ether oxygens (including phenoxy) is 1. The van der Waals surface area contributed by atoms with E-state index >= 15 is 0 Å². The van der Waals surface area contributed by atoms with E-state index in [0.29, 0.717) is 5.82 Å². The Bertz CT molecular complexity index is 1930. The van der Waals surface area contributed by atoms with Gasteiger partial charge in [-0.05, 0) is 47.5 Å². The number of halogens is 6. The first-order chi connectivity index (χ1) is 20.9. The molecule has 0 saturated heterocycles. The summed E-state index contributed by atoms with van der Waals surface area (Å²) >= 11 is 12.9. The third-order valence-electron chi connectivity index (χ3n) is 6.46. The second-order valence-electron chi connectivity index (χ2n) is 9.25. The molecule has 0 spiro atoms. The molecular formula is C27H18Cl2F4N6O5. The maximum atomic E-state index is 14.5. The van der Waals surface area contributed by atoms with Crippen molar-refractivity contribution in [3.05, 3.63) is 92.1 Å². The lowest BCUT2D eigenvalue weighted by Gasteiger charge is -2.15. The minimum absolute atomic E-state index is 0.0226. The van der Waals surface area contributed by atoms with E-state index in [0.717, 1.165) is 33.4 Å². The van der Waals surface area contributed by atoms with E-state index in [1.807, 2.05) is 5.48 Å². The lowest BCUT2D eigenvalue weighted by Crippen LogP contribution is -2.26. The first kappa shape index (κ1) is 30.6. The summed E-state index contributed by atoms with van der Waals surface area (Å²) in [6, 6.07) is 7.31. The van der Waals surface area contributed by atoms with Gasteiger partial charge in [0.2, 0.25) is 0 Å². The van der Waals surface area contributed by atoms with E-state index in [9.17, 15) is 31.9 Å². The molecule has 2 heterocycles. The van der Waals surface area contributed by atoms with Gasteiger partial charge < -0.3 is 9.57 Å². The van der Waals surface area contributed by atoms with E-state index < -0.39 is 35.6 Å². The van der Waals surface area contributed by atoms with Gasteiger partial charge in [0, 0.05) is 12.6 Å². The number of rotatable bonds is 9. The number of imidazole rings is 1. The lowest BCUT2D eigenvalue weighted by molar-refractivity contribution is -0.146. The van der Waals surface area contributed by atoms with Crippen molar-refractivity contribution in [2.75, 3.05) is 0 Å². The van der Waals surface area contributed by atoms with Crippen LogP contribution in [0.15, 0.2) is 53.6 Å². The number of aryl methyl sites for hydroxylation is 1. The highest BCUT2D eigenvalue weighted by atomic mass is 35.5. The van der Waals surface area contributed by atoms with Gasteiger partial charge in [-0.2, -0.15) is 23.8 Å². The van der Waals surface area contributed by atoms with Crippen molar-refractivity contribution in [3.63, 3.8) is 0 Å². The van der Waals surface area contributed by atoms with Crippen LogP contribution < -0.4 is 15.9 Å². The van der Waals surface area contributed by atoms with Gasteiger partial charge in [0.25, 0.3) is 5.91 Å². The third-order valence-corrected chi connectivity index (χ3v) is 7.02. The highest BCUT2D eigenvalue weighted by molar-refractivity contribution is 6.37. The van der Waals surface area contributed by atoms with Crippen LogP contribution in [0.3, 0.4) is 0 Å². The van der Waals surface area contributed by atoms with Gasteiger partial charge in [-0.3, -0.25) is 23.8 Å². The van der Waals surface area contributed by atoms with E-state index in [4.69, 9.17) is 27.9 Å². The molecule has 0 aliphatic carbocycles. The number of aromatic amines is 1. The summed E-state index contributed by atoms with van der Waals surface area (Å²) in [6.07, 6.45) is -4.12. The number of nitrogens with zero attached hydrogens (tertiary/aromatic N) is 4. The summed E-state index contributed by atoms with van der Waals surface area (Å²) < 4.78 is 64.7. The van der Waals surface area contributed by atoms with Gasteiger partial charge in [-0.15, -0.1) is 0 Å². The quantitative estimate of drug-likeness (QED) is 0.131. The van der Waals surface area contributed by atoms with Crippen LogP contribution in [0.4, 0.5) is 17.6 Å². The van der Waals surface area contributed by atoms with Crippen molar-refractivity contribution < 1.29 is 36.7 Å². The fraction of sp³-hybridized carbons (Fsp3) is 0.148. The molecule has 0 saturated carbocycles. The molecule has 0 fully saturated rings. The Labute approximate surface area is 253 Å². The fourth-order valence-corrected chi connectivity index (χ4v) is 5.19. The zero-order chi connectivity index (χ0) is 31.8. The molecule has 17 heteroatoms. The van der Waals surface area contributed by atoms with Gasteiger partial charge >= 0.3 is 18.3 Å². The number of carbonyl (C=O) groups excluding carboxylic acids is 2. The number of H-pyrrole nitrogens is 1. The van der Waals surface area contributed by atoms with Crippen LogP contribution in [0, 0.1) is 5.82 Å². The van der Waals surface area contributed by atoms with Crippen LogP contribution in [0.5, 0.6) is 5.75 Å². The molecule has 5 aromatic rings. The molecule has 3 aromatic carbocycles. The van der Waals surface area contributed by atoms with Gasteiger partial charge in [-0.25, -0.2) is 14.2 Å². The molecule has 11 nitrogen and oxygen atoms in total. The standard InChI is InChI=1S/C27H18Cl2F4N6O5/c1-38-24-17(14-4-18(28)25(19(29)5-14)43-10-22-34-11-35-36-22)7-15(27(31,32)33)8-21(24)39(26(38)42)20-9-16(30)3-2-13(20)6-23(41)37-44-12-40/h2-5,7-9,11-12H,6,10H2,1H3,(H,37,41)(H,34,35,36). The second kappa shape index (κ2) is 12.0. The smallest absolute Gasteiger partial charge is 0.416 e. The molecule has 228 valence electrons. The summed E-state index contributed by atoms with van der Waals surface area (Å²) in [6.45, 7) is -0.119. The summed E-state index contributed by atoms with van der Waals surface area (Å²) in [7, 11) is 1.32. The molecule has 0 atom stereocenters. The molecule has 44 heavy (non-hydrogen) atoms. The number of alkyl halides is 3. The van der Waals surface area contributed by atoms with Crippen molar-refractivity contribution >= 4 is 46.6 Å². The Morgan fingerprint density at radius 1 is 1.14 bits per heavy atom. The average Bonchev–Trinajstić information content (AvgIpc) is 3.57. The van der Waals surface area contributed by atoms with Gasteiger partial charge in [-0.1, -0.05) is 29.3 Å². The number of hydrogen-bond donors (Lipinski definition) is 2. The van der Waals surface area contributed by atoms with Crippen molar-refractivity contribution in [1.82, 2.24) is 29.8 Å². The molecule has 5 rings (SSSR count). The molecule has 1 amide bonds. The molecule has 0 aliphatic heterocycles. The van der Waals surface area contributed by atoms with Crippen LogP contribution >= 0.6 is 23.2 Å². The first-order valence-corrected chi connectivity index (χ1v) is 13.1. The van der Waals surface area contributed by atoms with Crippen molar-refractivity contribution in [1.29, 1.82) is 0 Å². The van der Waals surface area contributed by atoms with Crippen LogP contribution in [0.25, 0.3) is 27.8 Å². The van der Waals surface area contributed by atoms with E-state index in [-0.39, 0.29) is 62.3 Å². The van der Waals surface area contributed by atoms with Gasteiger partial charge in [0.1, 0.15) is 18.8 Å². The van der Waals surface area contributed by atoms with Crippen LogP contribution in [-0.4, -0.2) is 36.7 Å². The normalized spacial score (nSPS) is 11.5. The summed E-state index contributed by atoms with van der Waals surface area (Å²) in [5.74, 6) is -1.28. The van der Waals surface area contributed by atoms with Crippen molar-refractivity contribution in [2.45, 2.75) is 19.2 Å². The molecule has 2 N–H and O–H groups in total. The van der Waals surface area contributed by atoms with Crippen LogP contribution in [0.2, 0.25) is 10.0 Å². The second-order valence-corrected chi connectivity index (χ2v) is 10.1. The number of benzene rings is 3. The zero-order valence-electron chi connectivity index (χ0n) is 22.2. The Morgan fingerprint density at radius 2 is 1.86 bits per heavy atom. The minimum Gasteiger partial charge on any atom is -0.482 e. The predicted molar refractivity (Wildman–Crippen MR) is 149 cm³/mol. The van der Waals surface area contributed by atoms with Crippen LogP contribution in [-0.2, 0) is 40.7 Å². The molecule has 2 aromatic heterocycles. The molecule has 0 radical (unpaired) electrons. The highest BCUT2D eigenvalue weighted by Crippen LogP contribution is 2.42. The SMILES string of the molecule is Cn1c(=O)n(-c2cc(F)ccc2CC(=O)NOC=O)c2cc(C(F)(F)F)cc(-c3cc(Cl)c(OCc4ncn[nH]4)c(Cl)c3)c21. The number of nitrogens with one attached hydrogen (secondary N) is 2. The largest absolute Gasteiger partial charge is 0.482 e. The number of hydroxylamine groups is 1. The van der Waals surface area contributed by atoms with Crippen molar-refractivity contribution in [3.8, 4) is 22.6 Å². The van der Waals surface area contributed by atoms with E-state index in [1.165, 1.54) is 31.6 Å². The number of hydrogen-bond acceptors (Lipinski definition) is 7. The fourth-order valence-electron chi connectivity index (χ4n) is 4.59. The highest BCUT2D eigenvalue weighted by Gasteiger charge is 2.33. The lowest BCUT2D eigenvalue weighted by atomic mass is 10.00. The molecule has 0 unspecified atom stereocenters. The Morgan fingerprint density at radius 3 is 2.50 bits per heavy atom. The maximum absolute atomic E-state index is 14.5. The zero-order valence-corrected chi connectivity index (χ0v) is 23.7. The van der Waals surface area contributed by atoms with Crippen LogP contribution in [0.1, 0.15) is 17.0 Å². The third kappa shape index (κ3) is 5.96. The number of aromatic nitrogens is 5. The summed E-state index contributed by atoms with van der Waals surface area (Å²) in [5.41, 5.74) is -0.497. The average molecular weight is 653 g/mol. The van der Waals surface area contributed by atoms with Gasteiger partial charge in [0.05, 0.1) is 38.8 Å². The van der Waals surface area contributed by atoms with Gasteiger partial charge in [0.15, 0.2) is 11.6 Å².